The van der Waals surface area contributed by atoms with Crippen LogP contribution in [0.4, 0.5) is 0 Å². The molecule has 2 amide bonds. The van der Waals surface area contributed by atoms with Crippen LogP contribution in [0.5, 0.6) is 0 Å². The third kappa shape index (κ3) is 3.07. The number of rotatable bonds is 2. The normalized spacial score (nSPS) is 21.3. The molecule has 0 bridgehead atoms. The Bertz CT molecular complexity index is 446. The predicted octanol–water partition coefficient (Wildman–Crippen LogP) is 1.75. The average molecular weight is 317 g/mol. The molecule has 1 N–H and O–H groups in total. The number of halogens is 1. The van der Waals surface area contributed by atoms with E-state index in [-0.39, 0.29) is 11.8 Å². The van der Waals surface area contributed by atoms with Gasteiger partial charge >= 0.3 is 0 Å². The maximum absolute atomic E-state index is 12.0. The summed E-state index contributed by atoms with van der Waals surface area (Å²) in [6, 6.07) is 1.58. The smallest absolute Gasteiger partial charge is 0.245 e. The van der Waals surface area contributed by atoms with Crippen LogP contribution >= 0.6 is 27.3 Å². The van der Waals surface area contributed by atoms with Crippen molar-refractivity contribution in [3.05, 3.63) is 20.8 Å². The van der Waals surface area contributed by atoms with Gasteiger partial charge in [0.1, 0.15) is 6.04 Å². The van der Waals surface area contributed by atoms with Gasteiger partial charge in [-0.15, -0.1) is 11.3 Å². The van der Waals surface area contributed by atoms with Gasteiger partial charge in [-0.25, -0.2) is 0 Å². The third-order valence-corrected chi connectivity index (χ3v) is 4.32. The van der Waals surface area contributed by atoms with E-state index in [0.717, 1.165) is 9.35 Å². The molecule has 0 radical (unpaired) electrons. The van der Waals surface area contributed by atoms with Crippen molar-refractivity contribution in [2.45, 2.75) is 25.9 Å². The molecule has 2 rings (SSSR count). The van der Waals surface area contributed by atoms with Gasteiger partial charge in [0.25, 0.3) is 0 Å². The summed E-state index contributed by atoms with van der Waals surface area (Å²) in [6.07, 6.45) is 0.378. The van der Waals surface area contributed by atoms with Crippen molar-refractivity contribution in [1.29, 1.82) is 0 Å². The Morgan fingerprint density at radius 3 is 3.00 bits per heavy atom. The SMILES string of the molecule is CC1NC(=O)CCN(Cc2cc(Br)cs2)C1=O. The summed E-state index contributed by atoms with van der Waals surface area (Å²) in [5.74, 6) is -0.0684. The standard InChI is InChI=1S/C11H13BrN2O2S/c1-7-11(16)14(3-2-10(15)13-7)5-9-4-8(12)6-17-9/h4,6-7H,2-3,5H2,1H3,(H,13,15). The zero-order valence-corrected chi connectivity index (χ0v) is 11.8. The first-order chi connectivity index (χ1) is 8.06. The van der Waals surface area contributed by atoms with Crippen molar-refractivity contribution >= 4 is 39.1 Å². The number of carbonyl (C=O) groups is 2. The highest BCUT2D eigenvalue weighted by Gasteiger charge is 2.26. The summed E-state index contributed by atoms with van der Waals surface area (Å²) in [7, 11) is 0. The first-order valence-electron chi connectivity index (χ1n) is 5.37. The third-order valence-electron chi connectivity index (χ3n) is 2.64. The highest BCUT2D eigenvalue weighted by molar-refractivity contribution is 9.10. The molecule has 1 aromatic heterocycles. The second-order valence-electron chi connectivity index (χ2n) is 4.03. The van der Waals surface area contributed by atoms with E-state index < -0.39 is 6.04 Å². The van der Waals surface area contributed by atoms with Crippen LogP contribution in [0.25, 0.3) is 0 Å². The second-order valence-corrected chi connectivity index (χ2v) is 5.94. The van der Waals surface area contributed by atoms with Crippen LogP contribution in [0.2, 0.25) is 0 Å². The van der Waals surface area contributed by atoms with Crippen molar-refractivity contribution in [2.24, 2.45) is 0 Å². The maximum atomic E-state index is 12.0. The van der Waals surface area contributed by atoms with Crippen LogP contribution in [-0.4, -0.2) is 29.3 Å². The summed E-state index contributed by atoms with van der Waals surface area (Å²) in [5, 5.41) is 4.67. The van der Waals surface area contributed by atoms with Crippen molar-refractivity contribution in [2.75, 3.05) is 6.54 Å². The van der Waals surface area contributed by atoms with E-state index >= 15 is 0 Å². The number of hydrogen-bond donors (Lipinski definition) is 1. The molecule has 6 heteroatoms. The molecule has 1 fully saturated rings. The first-order valence-corrected chi connectivity index (χ1v) is 7.04. The van der Waals surface area contributed by atoms with E-state index in [0.29, 0.717) is 19.5 Å². The predicted molar refractivity (Wildman–Crippen MR) is 69.7 cm³/mol. The van der Waals surface area contributed by atoms with Crippen LogP contribution < -0.4 is 5.32 Å². The molecule has 1 aromatic rings. The van der Waals surface area contributed by atoms with Crippen molar-refractivity contribution in [3.63, 3.8) is 0 Å². The highest BCUT2D eigenvalue weighted by atomic mass is 79.9. The molecule has 17 heavy (non-hydrogen) atoms. The molecule has 0 saturated carbocycles. The van der Waals surface area contributed by atoms with Crippen LogP contribution in [0, 0.1) is 0 Å². The van der Waals surface area contributed by atoms with Crippen LogP contribution in [0.15, 0.2) is 15.9 Å². The lowest BCUT2D eigenvalue weighted by molar-refractivity contribution is -0.133. The van der Waals surface area contributed by atoms with E-state index in [1.54, 1.807) is 23.2 Å². The van der Waals surface area contributed by atoms with Crippen molar-refractivity contribution in [1.82, 2.24) is 10.2 Å². The fourth-order valence-corrected chi connectivity index (χ4v) is 3.24. The molecule has 1 unspecified atom stereocenters. The molecule has 0 aliphatic carbocycles. The lowest BCUT2D eigenvalue weighted by Crippen LogP contribution is -2.42. The molecule has 1 atom stereocenters. The minimum Gasteiger partial charge on any atom is -0.345 e. The Morgan fingerprint density at radius 1 is 1.59 bits per heavy atom. The molecule has 1 aliphatic heterocycles. The topological polar surface area (TPSA) is 49.4 Å². The molecule has 1 saturated heterocycles. The fraction of sp³-hybridized carbons (Fsp3) is 0.455. The zero-order valence-electron chi connectivity index (χ0n) is 9.40. The van der Waals surface area contributed by atoms with E-state index in [1.807, 2.05) is 11.4 Å². The Labute approximate surface area is 112 Å². The number of nitrogens with zero attached hydrogens (tertiary/aromatic N) is 1. The molecule has 2 heterocycles. The monoisotopic (exact) mass is 316 g/mol. The Hall–Kier alpha value is -0.880. The molecular weight excluding hydrogens is 304 g/mol. The van der Waals surface area contributed by atoms with Crippen molar-refractivity contribution in [3.8, 4) is 0 Å². The Morgan fingerprint density at radius 2 is 2.35 bits per heavy atom. The summed E-state index contributed by atoms with van der Waals surface area (Å²) < 4.78 is 1.03. The van der Waals surface area contributed by atoms with Crippen molar-refractivity contribution < 1.29 is 9.59 Å². The lowest BCUT2D eigenvalue weighted by Gasteiger charge is -2.21. The highest BCUT2D eigenvalue weighted by Crippen LogP contribution is 2.21. The van der Waals surface area contributed by atoms with E-state index in [4.69, 9.17) is 0 Å². The molecular formula is C11H13BrN2O2S. The van der Waals surface area contributed by atoms with E-state index in [1.165, 1.54) is 0 Å². The Kier molecular flexibility index (Phi) is 3.83. The van der Waals surface area contributed by atoms with Gasteiger partial charge in [0.15, 0.2) is 0 Å². The van der Waals surface area contributed by atoms with Gasteiger partial charge < -0.3 is 10.2 Å². The second kappa shape index (κ2) is 5.18. The molecule has 92 valence electrons. The fourth-order valence-electron chi connectivity index (χ4n) is 1.78. The van der Waals surface area contributed by atoms with Crippen LogP contribution in [0.3, 0.4) is 0 Å². The summed E-state index contributed by atoms with van der Waals surface area (Å²) in [5.41, 5.74) is 0. The van der Waals surface area contributed by atoms with E-state index in [9.17, 15) is 9.59 Å². The zero-order chi connectivity index (χ0) is 12.4. The molecule has 1 aliphatic rings. The minimum atomic E-state index is -0.423. The van der Waals surface area contributed by atoms with Gasteiger partial charge in [0.2, 0.25) is 11.8 Å². The maximum Gasteiger partial charge on any atom is 0.245 e. The number of carbonyl (C=O) groups excluding carboxylic acids is 2. The lowest BCUT2D eigenvalue weighted by atomic mass is 10.3. The van der Waals surface area contributed by atoms with Gasteiger partial charge in [-0.1, -0.05) is 0 Å². The molecule has 0 spiro atoms. The van der Waals surface area contributed by atoms with E-state index in [2.05, 4.69) is 21.2 Å². The van der Waals surface area contributed by atoms with Gasteiger partial charge in [-0.3, -0.25) is 9.59 Å². The number of nitrogens with one attached hydrogen (secondary N) is 1. The average Bonchev–Trinajstić information content (AvgIpc) is 2.64. The minimum absolute atomic E-state index is 0.0135. The number of hydrogen-bond acceptors (Lipinski definition) is 3. The first kappa shape index (κ1) is 12.6. The quantitative estimate of drug-likeness (QED) is 0.903. The van der Waals surface area contributed by atoms with Gasteiger partial charge in [0, 0.05) is 27.7 Å². The van der Waals surface area contributed by atoms with Crippen LogP contribution in [0.1, 0.15) is 18.2 Å². The molecule has 4 nitrogen and oxygen atoms in total. The number of thiophene rings is 1. The van der Waals surface area contributed by atoms with Crippen LogP contribution in [-0.2, 0) is 16.1 Å². The van der Waals surface area contributed by atoms with Gasteiger partial charge in [-0.2, -0.15) is 0 Å². The van der Waals surface area contributed by atoms with Gasteiger partial charge in [0.05, 0.1) is 6.54 Å². The summed E-state index contributed by atoms with van der Waals surface area (Å²) >= 11 is 5.00. The number of amides is 2. The molecule has 0 aromatic carbocycles. The largest absolute Gasteiger partial charge is 0.345 e. The summed E-state index contributed by atoms with van der Waals surface area (Å²) in [6.45, 7) is 2.79. The Balaban J connectivity index is 2.08. The van der Waals surface area contributed by atoms with Gasteiger partial charge in [-0.05, 0) is 28.9 Å². The summed E-state index contributed by atoms with van der Waals surface area (Å²) in [4.78, 5) is 26.2.